The highest BCUT2D eigenvalue weighted by Gasteiger charge is 2.19. The number of carbonyl (C=O) groups is 1. The van der Waals surface area contributed by atoms with Gasteiger partial charge in [0.1, 0.15) is 0 Å². The van der Waals surface area contributed by atoms with Crippen molar-refractivity contribution in [3.8, 4) is 0 Å². The van der Waals surface area contributed by atoms with E-state index in [2.05, 4.69) is 57.7 Å². The zero-order chi connectivity index (χ0) is 21.2. The molecule has 0 radical (unpaired) electrons. The summed E-state index contributed by atoms with van der Waals surface area (Å²) in [6.45, 7) is 11.0. The molecule has 0 bridgehead atoms. The van der Waals surface area contributed by atoms with Gasteiger partial charge < -0.3 is 20.0 Å². The molecule has 0 spiro atoms. The van der Waals surface area contributed by atoms with Crippen molar-refractivity contribution >= 4 is 11.9 Å². The third kappa shape index (κ3) is 6.35. The summed E-state index contributed by atoms with van der Waals surface area (Å²) in [4.78, 5) is 21.6. The highest BCUT2D eigenvalue weighted by molar-refractivity contribution is 5.92. The van der Waals surface area contributed by atoms with Crippen molar-refractivity contribution in [1.29, 1.82) is 0 Å². The average molecular weight is 412 g/mol. The van der Waals surface area contributed by atoms with Crippen LogP contribution >= 0.6 is 0 Å². The van der Waals surface area contributed by atoms with Crippen LogP contribution in [-0.4, -0.2) is 67.5 Å². The van der Waals surface area contributed by atoms with Gasteiger partial charge in [0, 0.05) is 57.9 Å². The Balaban J connectivity index is 1.41. The first-order chi connectivity index (χ1) is 14.7. The Morgan fingerprint density at radius 1 is 1.10 bits per heavy atom. The number of aryl methyl sites for hydroxylation is 1. The Morgan fingerprint density at radius 3 is 2.53 bits per heavy atom. The predicted molar refractivity (Wildman–Crippen MR) is 120 cm³/mol. The Morgan fingerprint density at radius 2 is 1.87 bits per heavy atom. The second-order valence-corrected chi connectivity index (χ2v) is 7.53. The minimum atomic E-state index is -0.164. The normalized spacial score (nSPS) is 15.3. The molecule has 2 aromatic rings. The van der Waals surface area contributed by atoms with Crippen molar-refractivity contribution in [3.05, 3.63) is 59.5 Å². The van der Waals surface area contributed by atoms with E-state index in [1.807, 2.05) is 6.92 Å². The zero-order valence-electron chi connectivity index (χ0n) is 18.1. The SMILES string of the molecule is CCNC(=NCCCNC(=O)c1occc1C)N1CCN(Cc2ccccc2)CC1. The number of rotatable bonds is 8. The number of aliphatic imine (C=N–C) groups is 1. The van der Waals surface area contributed by atoms with Crippen molar-refractivity contribution in [2.24, 2.45) is 4.99 Å². The summed E-state index contributed by atoms with van der Waals surface area (Å²) < 4.78 is 5.22. The lowest BCUT2D eigenvalue weighted by atomic mass is 10.2. The lowest BCUT2D eigenvalue weighted by Crippen LogP contribution is -2.52. The van der Waals surface area contributed by atoms with Crippen LogP contribution in [0.4, 0.5) is 0 Å². The highest BCUT2D eigenvalue weighted by Crippen LogP contribution is 2.09. The van der Waals surface area contributed by atoms with Crippen molar-refractivity contribution in [3.63, 3.8) is 0 Å². The molecule has 2 N–H and O–H groups in total. The number of hydrogen-bond acceptors (Lipinski definition) is 4. The molecule has 1 aromatic carbocycles. The smallest absolute Gasteiger partial charge is 0.287 e. The van der Waals surface area contributed by atoms with E-state index in [4.69, 9.17) is 9.41 Å². The van der Waals surface area contributed by atoms with Gasteiger partial charge in [-0.1, -0.05) is 30.3 Å². The number of hydrogen-bond donors (Lipinski definition) is 2. The van der Waals surface area contributed by atoms with E-state index in [0.717, 1.165) is 57.2 Å². The number of amides is 1. The van der Waals surface area contributed by atoms with Crippen LogP contribution in [0.3, 0.4) is 0 Å². The maximum absolute atomic E-state index is 12.1. The predicted octanol–water partition coefficient (Wildman–Crippen LogP) is 2.49. The molecule has 1 saturated heterocycles. The van der Waals surface area contributed by atoms with Crippen LogP contribution in [0.5, 0.6) is 0 Å². The Labute approximate surface area is 179 Å². The van der Waals surface area contributed by atoms with Crippen LogP contribution in [0, 0.1) is 6.92 Å². The molecule has 1 amide bonds. The third-order valence-electron chi connectivity index (χ3n) is 5.21. The van der Waals surface area contributed by atoms with Gasteiger partial charge in [-0.15, -0.1) is 0 Å². The summed E-state index contributed by atoms with van der Waals surface area (Å²) in [6, 6.07) is 12.4. The van der Waals surface area contributed by atoms with Gasteiger partial charge in [-0.05, 0) is 31.9 Å². The first-order valence-corrected chi connectivity index (χ1v) is 10.8. The van der Waals surface area contributed by atoms with E-state index in [1.54, 1.807) is 6.07 Å². The molecular formula is C23H33N5O2. The van der Waals surface area contributed by atoms with Gasteiger partial charge in [-0.2, -0.15) is 0 Å². The van der Waals surface area contributed by atoms with Gasteiger partial charge in [-0.3, -0.25) is 14.7 Å². The number of furan rings is 1. The van der Waals surface area contributed by atoms with Crippen LogP contribution in [0.1, 0.15) is 35.0 Å². The summed E-state index contributed by atoms with van der Waals surface area (Å²) in [7, 11) is 0. The summed E-state index contributed by atoms with van der Waals surface area (Å²) in [5.74, 6) is 1.19. The monoisotopic (exact) mass is 411 g/mol. The van der Waals surface area contributed by atoms with Gasteiger partial charge in [0.2, 0.25) is 0 Å². The van der Waals surface area contributed by atoms with Gasteiger partial charge in [-0.25, -0.2) is 0 Å². The second kappa shape index (κ2) is 11.4. The molecule has 1 aromatic heterocycles. The molecule has 0 aliphatic carbocycles. The Hall–Kier alpha value is -2.80. The van der Waals surface area contributed by atoms with Gasteiger partial charge >= 0.3 is 0 Å². The van der Waals surface area contributed by atoms with Crippen LogP contribution in [-0.2, 0) is 6.54 Å². The van der Waals surface area contributed by atoms with Crippen molar-refractivity contribution < 1.29 is 9.21 Å². The van der Waals surface area contributed by atoms with Gasteiger partial charge in [0.15, 0.2) is 11.7 Å². The van der Waals surface area contributed by atoms with Crippen LogP contribution in [0.15, 0.2) is 52.1 Å². The van der Waals surface area contributed by atoms with Gasteiger partial charge in [0.25, 0.3) is 5.91 Å². The molecule has 0 saturated carbocycles. The number of benzene rings is 1. The number of nitrogens with zero attached hydrogens (tertiary/aromatic N) is 3. The van der Waals surface area contributed by atoms with E-state index in [0.29, 0.717) is 18.8 Å². The largest absolute Gasteiger partial charge is 0.459 e. The molecule has 7 heteroatoms. The van der Waals surface area contributed by atoms with E-state index >= 15 is 0 Å². The van der Waals surface area contributed by atoms with E-state index in [-0.39, 0.29) is 5.91 Å². The summed E-state index contributed by atoms with van der Waals surface area (Å²) in [6.07, 6.45) is 2.32. The fraction of sp³-hybridized carbons (Fsp3) is 0.478. The first-order valence-electron chi connectivity index (χ1n) is 10.8. The minimum Gasteiger partial charge on any atom is -0.459 e. The molecule has 162 valence electrons. The number of guanidine groups is 1. The summed E-state index contributed by atoms with van der Waals surface area (Å²) >= 11 is 0. The van der Waals surface area contributed by atoms with E-state index in [9.17, 15) is 4.79 Å². The third-order valence-corrected chi connectivity index (χ3v) is 5.21. The topological polar surface area (TPSA) is 73.1 Å². The molecule has 3 rings (SSSR count). The molecule has 7 nitrogen and oxygen atoms in total. The quantitative estimate of drug-likeness (QED) is 0.397. The summed E-state index contributed by atoms with van der Waals surface area (Å²) in [5.41, 5.74) is 2.21. The molecule has 1 fully saturated rings. The zero-order valence-corrected chi connectivity index (χ0v) is 18.1. The average Bonchev–Trinajstić information content (AvgIpc) is 3.20. The molecular weight excluding hydrogens is 378 g/mol. The molecule has 0 unspecified atom stereocenters. The fourth-order valence-corrected chi connectivity index (χ4v) is 3.54. The number of piperazine rings is 1. The maximum Gasteiger partial charge on any atom is 0.287 e. The molecule has 30 heavy (non-hydrogen) atoms. The van der Waals surface area contributed by atoms with Crippen LogP contribution in [0.25, 0.3) is 0 Å². The molecule has 2 heterocycles. The fourth-order valence-electron chi connectivity index (χ4n) is 3.54. The Bertz CT molecular complexity index is 810. The highest BCUT2D eigenvalue weighted by atomic mass is 16.3. The minimum absolute atomic E-state index is 0.164. The standard InChI is InChI=1S/C23H33N5O2/c1-3-24-23(26-12-7-11-25-22(29)21-19(2)10-17-30-21)28-15-13-27(14-16-28)18-20-8-5-4-6-9-20/h4-6,8-10,17H,3,7,11-16,18H2,1-2H3,(H,24,26)(H,25,29). The lowest BCUT2D eigenvalue weighted by Gasteiger charge is -2.36. The van der Waals surface area contributed by atoms with Crippen LogP contribution < -0.4 is 10.6 Å². The van der Waals surface area contributed by atoms with E-state index < -0.39 is 0 Å². The Kier molecular flexibility index (Phi) is 8.32. The summed E-state index contributed by atoms with van der Waals surface area (Å²) in [5, 5.41) is 6.30. The van der Waals surface area contributed by atoms with Gasteiger partial charge in [0.05, 0.1) is 6.26 Å². The molecule has 0 atom stereocenters. The molecule has 1 aliphatic heterocycles. The first kappa shape index (κ1) is 21.9. The number of carbonyl (C=O) groups excluding carboxylic acids is 1. The second-order valence-electron chi connectivity index (χ2n) is 7.53. The number of nitrogens with one attached hydrogen (secondary N) is 2. The van der Waals surface area contributed by atoms with Crippen molar-refractivity contribution in [1.82, 2.24) is 20.4 Å². The van der Waals surface area contributed by atoms with Crippen LogP contribution in [0.2, 0.25) is 0 Å². The van der Waals surface area contributed by atoms with E-state index in [1.165, 1.54) is 11.8 Å². The molecule has 1 aliphatic rings. The maximum atomic E-state index is 12.1. The lowest BCUT2D eigenvalue weighted by molar-refractivity contribution is 0.0925. The van der Waals surface area contributed by atoms with Crippen molar-refractivity contribution in [2.75, 3.05) is 45.8 Å². The van der Waals surface area contributed by atoms with Crippen molar-refractivity contribution in [2.45, 2.75) is 26.8 Å².